The van der Waals surface area contributed by atoms with Crippen LogP contribution in [-0.4, -0.2) is 63.8 Å². The first-order valence-corrected chi connectivity index (χ1v) is 9.70. The van der Waals surface area contributed by atoms with Crippen molar-refractivity contribution in [2.24, 2.45) is 10.4 Å². The second-order valence-electron chi connectivity index (χ2n) is 7.30. The standard InChI is InChI=1S/C20H31FN4O.HI/c1-3-26-15-10-20(8-9-20)16-23-19(22-2)25-13-11-24(12-14-25)18-6-4-17(21)5-7-18;/h4-7H,3,8-16H2,1-2H3,(H,22,23);1H. The lowest BCUT2D eigenvalue weighted by molar-refractivity contribution is 0.128. The number of guanidine groups is 1. The van der Waals surface area contributed by atoms with Crippen molar-refractivity contribution < 1.29 is 9.13 Å². The van der Waals surface area contributed by atoms with Gasteiger partial charge >= 0.3 is 0 Å². The van der Waals surface area contributed by atoms with Gasteiger partial charge in [-0.15, -0.1) is 24.0 Å². The van der Waals surface area contributed by atoms with E-state index in [4.69, 9.17) is 4.74 Å². The third-order valence-corrected chi connectivity index (χ3v) is 5.54. The molecule has 0 bridgehead atoms. The minimum absolute atomic E-state index is 0. The van der Waals surface area contributed by atoms with Crippen LogP contribution in [0, 0.1) is 11.2 Å². The van der Waals surface area contributed by atoms with Gasteiger partial charge in [0.05, 0.1) is 0 Å². The lowest BCUT2D eigenvalue weighted by Gasteiger charge is -2.38. The predicted molar refractivity (Wildman–Crippen MR) is 120 cm³/mol. The molecule has 5 nitrogen and oxygen atoms in total. The van der Waals surface area contributed by atoms with Gasteiger partial charge in [-0.3, -0.25) is 4.99 Å². The molecule has 1 aromatic carbocycles. The van der Waals surface area contributed by atoms with Crippen molar-refractivity contribution >= 4 is 35.6 Å². The molecule has 0 amide bonds. The van der Waals surface area contributed by atoms with Crippen molar-refractivity contribution in [3.05, 3.63) is 30.1 Å². The summed E-state index contributed by atoms with van der Waals surface area (Å²) in [5.74, 6) is 0.807. The van der Waals surface area contributed by atoms with Crippen molar-refractivity contribution in [2.75, 3.05) is 57.9 Å². The maximum atomic E-state index is 13.1. The van der Waals surface area contributed by atoms with Crippen LogP contribution in [0.25, 0.3) is 0 Å². The predicted octanol–water partition coefficient (Wildman–Crippen LogP) is 3.35. The summed E-state index contributed by atoms with van der Waals surface area (Å²) in [5.41, 5.74) is 1.49. The fraction of sp³-hybridized carbons (Fsp3) is 0.650. The summed E-state index contributed by atoms with van der Waals surface area (Å²) in [4.78, 5) is 9.10. The molecule has 0 spiro atoms. The molecule has 1 saturated carbocycles. The molecule has 1 N–H and O–H groups in total. The molecule has 0 aromatic heterocycles. The van der Waals surface area contributed by atoms with Crippen molar-refractivity contribution in [1.29, 1.82) is 0 Å². The zero-order chi connectivity index (χ0) is 18.4. The van der Waals surface area contributed by atoms with E-state index in [0.29, 0.717) is 5.41 Å². The number of anilines is 1. The van der Waals surface area contributed by atoms with Crippen LogP contribution in [0.15, 0.2) is 29.3 Å². The first-order chi connectivity index (χ1) is 12.7. The van der Waals surface area contributed by atoms with Gasteiger partial charge in [0, 0.05) is 58.7 Å². The average molecular weight is 490 g/mol. The van der Waals surface area contributed by atoms with Gasteiger partial charge < -0.3 is 19.9 Å². The van der Waals surface area contributed by atoms with E-state index in [1.807, 2.05) is 26.1 Å². The van der Waals surface area contributed by atoms with Crippen LogP contribution in [0.2, 0.25) is 0 Å². The highest BCUT2D eigenvalue weighted by Crippen LogP contribution is 2.48. The van der Waals surface area contributed by atoms with E-state index >= 15 is 0 Å². The molecule has 0 atom stereocenters. The Labute approximate surface area is 179 Å². The molecule has 1 aromatic rings. The highest BCUT2D eigenvalue weighted by atomic mass is 127. The number of hydrogen-bond donors (Lipinski definition) is 1. The molecule has 1 aliphatic carbocycles. The maximum absolute atomic E-state index is 13.1. The molecule has 2 fully saturated rings. The molecule has 0 unspecified atom stereocenters. The van der Waals surface area contributed by atoms with E-state index in [-0.39, 0.29) is 29.8 Å². The Morgan fingerprint density at radius 3 is 2.41 bits per heavy atom. The first kappa shape index (κ1) is 22.2. The summed E-state index contributed by atoms with van der Waals surface area (Å²) in [6, 6.07) is 6.76. The van der Waals surface area contributed by atoms with Crippen LogP contribution in [0.3, 0.4) is 0 Å². The van der Waals surface area contributed by atoms with Crippen molar-refractivity contribution in [1.82, 2.24) is 10.2 Å². The van der Waals surface area contributed by atoms with Crippen LogP contribution in [0.1, 0.15) is 26.2 Å². The zero-order valence-corrected chi connectivity index (χ0v) is 18.7. The smallest absolute Gasteiger partial charge is 0.193 e. The second kappa shape index (κ2) is 10.5. The average Bonchev–Trinajstić information content (AvgIpc) is 3.44. The lowest BCUT2D eigenvalue weighted by Crippen LogP contribution is -2.53. The number of aliphatic imine (C=N–C) groups is 1. The normalized spacial score (nSPS) is 18.9. The van der Waals surface area contributed by atoms with Gasteiger partial charge in [-0.05, 0) is 55.9 Å². The summed E-state index contributed by atoms with van der Waals surface area (Å²) in [7, 11) is 1.86. The lowest BCUT2D eigenvalue weighted by atomic mass is 10.0. The Kier molecular flexibility index (Phi) is 8.60. The van der Waals surface area contributed by atoms with Gasteiger partial charge in [-0.25, -0.2) is 4.39 Å². The van der Waals surface area contributed by atoms with E-state index in [1.165, 1.54) is 25.0 Å². The second-order valence-corrected chi connectivity index (χ2v) is 7.30. The molecule has 27 heavy (non-hydrogen) atoms. The quantitative estimate of drug-likeness (QED) is 0.276. The maximum Gasteiger partial charge on any atom is 0.193 e. The van der Waals surface area contributed by atoms with Crippen molar-refractivity contribution in [3.63, 3.8) is 0 Å². The molecule has 0 radical (unpaired) electrons. The van der Waals surface area contributed by atoms with E-state index in [0.717, 1.165) is 64.0 Å². The molecule has 1 heterocycles. The van der Waals surface area contributed by atoms with Crippen LogP contribution in [-0.2, 0) is 4.74 Å². The fourth-order valence-corrected chi connectivity index (χ4v) is 3.55. The molecule has 1 saturated heterocycles. The minimum atomic E-state index is -0.185. The van der Waals surface area contributed by atoms with Crippen LogP contribution >= 0.6 is 24.0 Å². The highest BCUT2D eigenvalue weighted by molar-refractivity contribution is 14.0. The molecule has 3 rings (SSSR count). The van der Waals surface area contributed by atoms with Crippen molar-refractivity contribution in [2.45, 2.75) is 26.2 Å². The Hall–Kier alpha value is -1.09. The van der Waals surface area contributed by atoms with Gasteiger partial charge in [0.25, 0.3) is 0 Å². The Morgan fingerprint density at radius 2 is 1.85 bits per heavy atom. The largest absolute Gasteiger partial charge is 0.382 e. The summed E-state index contributed by atoms with van der Waals surface area (Å²) in [5, 5.41) is 3.58. The summed E-state index contributed by atoms with van der Waals surface area (Å²) >= 11 is 0. The number of ether oxygens (including phenoxy) is 1. The van der Waals surface area contributed by atoms with Gasteiger partial charge in [0.1, 0.15) is 5.82 Å². The first-order valence-electron chi connectivity index (χ1n) is 9.70. The third-order valence-electron chi connectivity index (χ3n) is 5.54. The molecular formula is C20H32FIN4O. The Morgan fingerprint density at radius 1 is 1.19 bits per heavy atom. The zero-order valence-electron chi connectivity index (χ0n) is 16.4. The minimum Gasteiger partial charge on any atom is -0.382 e. The summed E-state index contributed by atoms with van der Waals surface area (Å²) < 4.78 is 18.6. The van der Waals surface area contributed by atoms with Crippen molar-refractivity contribution in [3.8, 4) is 0 Å². The van der Waals surface area contributed by atoms with Gasteiger partial charge in [-0.1, -0.05) is 0 Å². The summed E-state index contributed by atoms with van der Waals surface area (Å²) in [6.07, 6.45) is 3.69. The topological polar surface area (TPSA) is 40.1 Å². The van der Waals surface area contributed by atoms with Gasteiger partial charge in [0.2, 0.25) is 0 Å². The van der Waals surface area contributed by atoms with E-state index < -0.39 is 0 Å². The number of nitrogens with zero attached hydrogens (tertiary/aromatic N) is 3. The number of nitrogens with one attached hydrogen (secondary N) is 1. The number of halogens is 2. The Bertz CT molecular complexity index is 599. The SMILES string of the molecule is CCOCCC1(CNC(=NC)N2CCN(c3ccc(F)cc3)CC2)CC1.I. The molecule has 1 aliphatic heterocycles. The van der Waals surface area contributed by atoms with E-state index in [2.05, 4.69) is 20.1 Å². The third kappa shape index (κ3) is 6.20. The molecule has 2 aliphatic rings. The van der Waals surface area contributed by atoms with Crippen LogP contribution in [0.4, 0.5) is 10.1 Å². The number of benzene rings is 1. The number of rotatable bonds is 7. The van der Waals surface area contributed by atoms with Crippen LogP contribution < -0.4 is 10.2 Å². The highest BCUT2D eigenvalue weighted by Gasteiger charge is 2.42. The molecular weight excluding hydrogens is 458 g/mol. The molecule has 7 heteroatoms. The van der Waals surface area contributed by atoms with Gasteiger partial charge in [-0.2, -0.15) is 0 Å². The van der Waals surface area contributed by atoms with Gasteiger partial charge in [0.15, 0.2) is 5.96 Å². The monoisotopic (exact) mass is 490 g/mol. The number of piperazine rings is 1. The van der Waals surface area contributed by atoms with E-state index in [1.54, 1.807) is 0 Å². The number of hydrogen-bond acceptors (Lipinski definition) is 3. The summed E-state index contributed by atoms with van der Waals surface area (Å²) in [6.45, 7) is 8.35. The Balaban J connectivity index is 0.00000261. The molecule has 152 valence electrons. The fourth-order valence-electron chi connectivity index (χ4n) is 3.55. The van der Waals surface area contributed by atoms with Crippen LogP contribution in [0.5, 0.6) is 0 Å². The van der Waals surface area contributed by atoms with E-state index in [9.17, 15) is 4.39 Å².